The first kappa shape index (κ1) is 15.5. The molecule has 5 heteroatoms. The van der Waals surface area contributed by atoms with E-state index in [1.54, 1.807) is 0 Å². The predicted molar refractivity (Wildman–Crippen MR) is 81.1 cm³/mol. The Morgan fingerprint density at radius 1 is 1.19 bits per heavy atom. The molecule has 0 bridgehead atoms. The van der Waals surface area contributed by atoms with Crippen LogP contribution in [0.1, 0.15) is 44.0 Å². The van der Waals surface area contributed by atoms with Gasteiger partial charge in [0.25, 0.3) is 0 Å². The van der Waals surface area contributed by atoms with Crippen molar-refractivity contribution in [3.8, 4) is 5.75 Å². The number of aryl methyl sites for hydroxylation is 1. The minimum atomic E-state index is 0.331. The van der Waals surface area contributed by atoms with E-state index in [1.807, 2.05) is 18.2 Å². The van der Waals surface area contributed by atoms with Crippen LogP contribution in [0.5, 0.6) is 5.75 Å². The van der Waals surface area contributed by atoms with E-state index in [1.165, 1.54) is 0 Å². The maximum Gasteiger partial charge on any atom is 0.226 e. The van der Waals surface area contributed by atoms with Crippen molar-refractivity contribution >= 4 is 0 Å². The summed E-state index contributed by atoms with van der Waals surface area (Å²) < 4.78 is 11.0. The summed E-state index contributed by atoms with van der Waals surface area (Å²) in [5, 5.41) is 7.31. The van der Waals surface area contributed by atoms with Crippen molar-refractivity contribution in [2.75, 3.05) is 6.54 Å². The van der Waals surface area contributed by atoms with Gasteiger partial charge in [-0.25, -0.2) is 0 Å². The zero-order valence-electron chi connectivity index (χ0n) is 12.8. The second-order valence-corrected chi connectivity index (χ2v) is 4.93. The first-order valence-corrected chi connectivity index (χ1v) is 7.56. The highest BCUT2D eigenvalue weighted by molar-refractivity contribution is 5.33. The smallest absolute Gasteiger partial charge is 0.226 e. The van der Waals surface area contributed by atoms with E-state index in [4.69, 9.17) is 9.26 Å². The number of hydrogen-bond acceptors (Lipinski definition) is 5. The Labute approximate surface area is 125 Å². The van der Waals surface area contributed by atoms with Crippen molar-refractivity contribution in [3.63, 3.8) is 0 Å². The Morgan fingerprint density at radius 3 is 2.86 bits per heavy atom. The molecule has 114 valence electrons. The van der Waals surface area contributed by atoms with Gasteiger partial charge in [-0.2, -0.15) is 4.98 Å². The highest BCUT2D eigenvalue weighted by Crippen LogP contribution is 2.18. The monoisotopic (exact) mass is 289 g/mol. The van der Waals surface area contributed by atoms with Crippen molar-refractivity contribution in [3.05, 3.63) is 41.5 Å². The standard InChI is InChI=1S/C16H23N3O2/c1-3-7-16-18-15(19-21-16)12-20-14-9-6-5-8-13(14)11-17-10-4-2/h5-6,8-9,17H,3-4,7,10-12H2,1-2H3. The topological polar surface area (TPSA) is 60.2 Å². The SMILES string of the molecule is CCCNCc1ccccc1OCc1noc(CCC)n1. The van der Waals surface area contributed by atoms with Crippen LogP contribution in [0.2, 0.25) is 0 Å². The van der Waals surface area contributed by atoms with Crippen LogP contribution in [0.15, 0.2) is 28.8 Å². The Morgan fingerprint density at radius 2 is 2.05 bits per heavy atom. The lowest BCUT2D eigenvalue weighted by atomic mass is 10.2. The highest BCUT2D eigenvalue weighted by atomic mass is 16.5. The molecule has 0 aliphatic carbocycles. The molecule has 21 heavy (non-hydrogen) atoms. The molecule has 2 aromatic rings. The molecule has 1 N–H and O–H groups in total. The molecule has 0 atom stereocenters. The van der Waals surface area contributed by atoms with Crippen molar-refractivity contribution in [2.24, 2.45) is 0 Å². The molecule has 0 amide bonds. The summed E-state index contributed by atoms with van der Waals surface area (Å²) in [5.74, 6) is 2.13. The van der Waals surface area contributed by atoms with Crippen molar-refractivity contribution in [1.82, 2.24) is 15.5 Å². The molecular weight excluding hydrogens is 266 g/mol. The number of nitrogens with zero attached hydrogens (tertiary/aromatic N) is 2. The van der Waals surface area contributed by atoms with Gasteiger partial charge in [-0.1, -0.05) is 37.2 Å². The van der Waals surface area contributed by atoms with Gasteiger partial charge in [0, 0.05) is 18.5 Å². The Bertz CT molecular complexity index is 540. The molecule has 1 aromatic heterocycles. The Hall–Kier alpha value is -1.88. The summed E-state index contributed by atoms with van der Waals surface area (Å²) in [7, 11) is 0. The van der Waals surface area contributed by atoms with Gasteiger partial charge in [0.15, 0.2) is 6.61 Å². The molecule has 0 spiro atoms. The molecule has 0 radical (unpaired) electrons. The Balaban J connectivity index is 1.92. The fraction of sp³-hybridized carbons (Fsp3) is 0.500. The predicted octanol–water partition coefficient (Wildman–Crippen LogP) is 3.10. The van der Waals surface area contributed by atoms with Gasteiger partial charge in [0.2, 0.25) is 11.7 Å². The van der Waals surface area contributed by atoms with Gasteiger partial charge in [0.1, 0.15) is 5.75 Å². The number of benzene rings is 1. The van der Waals surface area contributed by atoms with Crippen molar-refractivity contribution in [2.45, 2.75) is 46.3 Å². The fourth-order valence-corrected chi connectivity index (χ4v) is 2.00. The van der Waals surface area contributed by atoms with Crippen molar-refractivity contribution < 1.29 is 9.26 Å². The summed E-state index contributed by atoms with van der Waals surface area (Å²) in [6, 6.07) is 8.02. The molecule has 0 saturated carbocycles. The highest BCUT2D eigenvalue weighted by Gasteiger charge is 2.08. The number of para-hydroxylation sites is 1. The van der Waals surface area contributed by atoms with Crippen LogP contribution in [0.3, 0.4) is 0 Å². The summed E-state index contributed by atoms with van der Waals surface area (Å²) in [4.78, 5) is 4.30. The van der Waals surface area contributed by atoms with Crippen LogP contribution in [-0.4, -0.2) is 16.7 Å². The minimum absolute atomic E-state index is 0.331. The number of nitrogens with one attached hydrogen (secondary N) is 1. The molecule has 1 aromatic carbocycles. The van der Waals surface area contributed by atoms with Crippen LogP contribution in [0.25, 0.3) is 0 Å². The van der Waals surface area contributed by atoms with E-state index in [2.05, 4.69) is 35.4 Å². The summed E-state index contributed by atoms with van der Waals surface area (Å²) in [5.41, 5.74) is 1.14. The number of hydrogen-bond donors (Lipinski definition) is 1. The van der Waals surface area contributed by atoms with Gasteiger partial charge >= 0.3 is 0 Å². The largest absolute Gasteiger partial charge is 0.485 e. The average molecular weight is 289 g/mol. The van der Waals surface area contributed by atoms with E-state index in [-0.39, 0.29) is 0 Å². The molecule has 0 aliphatic heterocycles. The molecule has 0 aliphatic rings. The fourth-order valence-electron chi connectivity index (χ4n) is 2.00. The van der Waals surface area contributed by atoms with Crippen LogP contribution in [0, 0.1) is 0 Å². The van der Waals surface area contributed by atoms with Crippen LogP contribution in [0.4, 0.5) is 0 Å². The van der Waals surface area contributed by atoms with E-state index < -0.39 is 0 Å². The van der Waals surface area contributed by atoms with E-state index in [0.29, 0.717) is 18.3 Å². The van der Waals surface area contributed by atoms with Gasteiger partial charge in [-0.15, -0.1) is 0 Å². The van der Waals surface area contributed by atoms with Gasteiger partial charge in [-0.3, -0.25) is 0 Å². The molecule has 0 fully saturated rings. The lowest BCUT2D eigenvalue weighted by molar-refractivity contribution is 0.282. The molecule has 0 saturated heterocycles. The van der Waals surface area contributed by atoms with E-state index >= 15 is 0 Å². The average Bonchev–Trinajstić information content (AvgIpc) is 2.95. The van der Waals surface area contributed by atoms with Gasteiger partial charge < -0.3 is 14.6 Å². The number of aromatic nitrogens is 2. The van der Waals surface area contributed by atoms with E-state index in [0.717, 1.165) is 43.7 Å². The third-order valence-corrected chi connectivity index (χ3v) is 3.05. The molecule has 0 unspecified atom stereocenters. The summed E-state index contributed by atoms with van der Waals surface area (Å²) in [6.45, 7) is 6.37. The summed E-state index contributed by atoms with van der Waals surface area (Å²) in [6.07, 6.45) is 2.92. The van der Waals surface area contributed by atoms with E-state index in [9.17, 15) is 0 Å². The lowest BCUT2D eigenvalue weighted by Crippen LogP contribution is -2.14. The quantitative estimate of drug-likeness (QED) is 0.719. The number of ether oxygens (including phenoxy) is 1. The normalized spacial score (nSPS) is 10.8. The zero-order chi connectivity index (χ0) is 14.9. The van der Waals surface area contributed by atoms with Crippen molar-refractivity contribution in [1.29, 1.82) is 0 Å². The Kier molecular flexibility index (Phi) is 6.22. The lowest BCUT2D eigenvalue weighted by Gasteiger charge is -2.10. The van der Waals surface area contributed by atoms with Crippen LogP contribution in [-0.2, 0) is 19.6 Å². The van der Waals surface area contributed by atoms with Gasteiger partial charge in [0.05, 0.1) is 0 Å². The summed E-state index contributed by atoms with van der Waals surface area (Å²) >= 11 is 0. The third kappa shape index (κ3) is 4.86. The maximum absolute atomic E-state index is 5.82. The molecular formula is C16H23N3O2. The first-order chi connectivity index (χ1) is 10.3. The third-order valence-electron chi connectivity index (χ3n) is 3.05. The van der Waals surface area contributed by atoms with Crippen LogP contribution < -0.4 is 10.1 Å². The molecule has 2 rings (SSSR count). The maximum atomic E-state index is 5.82. The molecule has 5 nitrogen and oxygen atoms in total. The second-order valence-electron chi connectivity index (χ2n) is 4.93. The second kappa shape index (κ2) is 8.42. The molecule has 1 heterocycles. The van der Waals surface area contributed by atoms with Crippen LogP contribution >= 0.6 is 0 Å². The number of rotatable bonds is 9. The van der Waals surface area contributed by atoms with Gasteiger partial charge in [-0.05, 0) is 25.5 Å². The zero-order valence-corrected chi connectivity index (χ0v) is 12.8. The first-order valence-electron chi connectivity index (χ1n) is 7.56. The minimum Gasteiger partial charge on any atom is -0.485 e.